The fourth-order valence-corrected chi connectivity index (χ4v) is 3.84. The van der Waals surface area contributed by atoms with E-state index < -0.39 is 0 Å². The number of benzene rings is 1. The van der Waals surface area contributed by atoms with E-state index in [9.17, 15) is 4.79 Å². The van der Waals surface area contributed by atoms with Crippen molar-refractivity contribution in [2.24, 2.45) is 0 Å². The van der Waals surface area contributed by atoms with E-state index in [0.29, 0.717) is 60.3 Å². The molecule has 0 aliphatic carbocycles. The highest BCUT2D eigenvalue weighted by atomic mass is 16.6. The predicted molar refractivity (Wildman–Crippen MR) is 107 cm³/mol. The highest BCUT2D eigenvalue weighted by Gasteiger charge is 2.23. The average molecular weight is 423 g/mol. The van der Waals surface area contributed by atoms with Crippen LogP contribution in [-0.4, -0.2) is 67.5 Å². The second-order valence-electron chi connectivity index (χ2n) is 7.60. The van der Waals surface area contributed by atoms with E-state index in [1.54, 1.807) is 18.2 Å². The van der Waals surface area contributed by atoms with Crippen molar-refractivity contribution in [1.29, 1.82) is 0 Å². The molecule has 1 aromatic carbocycles. The van der Waals surface area contributed by atoms with Gasteiger partial charge in [0.1, 0.15) is 22.4 Å². The van der Waals surface area contributed by atoms with Gasteiger partial charge in [-0.05, 0) is 48.8 Å². The number of carbonyl (C=O) groups excluding carboxylic acids is 1. The predicted octanol–water partition coefficient (Wildman–Crippen LogP) is 2.23. The Morgan fingerprint density at radius 1 is 1.00 bits per heavy atom. The Morgan fingerprint density at radius 2 is 1.87 bits per heavy atom. The summed E-state index contributed by atoms with van der Waals surface area (Å²) in [6.07, 6.45) is 0.855. The highest BCUT2D eigenvalue weighted by Crippen LogP contribution is 2.25. The fourth-order valence-electron chi connectivity index (χ4n) is 3.84. The maximum atomic E-state index is 13.0. The third kappa shape index (κ3) is 3.79. The lowest BCUT2D eigenvalue weighted by atomic mass is 10.1. The molecule has 3 aromatic heterocycles. The number of hydrogen-bond acceptors (Lipinski definition) is 10. The summed E-state index contributed by atoms with van der Waals surface area (Å²) >= 11 is 0. The van der Waals surface area contributed by atoms with Crippen LogP contribution in [0.3, 0.4) is 0 Å². The first-order valence-corrected chi connectivity index (χ1v) is 10.1. The van der Waals surface area contributed by atoms with Gasteiger partial charge in [0, 0.05) is 31.7 Å². The molecule has 160 valence electrons. The van der Waals surface area contributed by atoms with Crippen molar-refractivity contribution in [3.8, 4) is 11.5 Å². The molecule has 5 rings (SSSR count). The molecule has 0 spiro atoms. The van der Waals surface area contributed by atoms with Gasteiger partial charge in [0.15, 0.2) is 5.82 Å². The van der Waals surface area contributed by atoms with Gasteiger partial charge in [-0.1, -0.05) is 10.3 Å². The van der Waals surface area contributed by atoms with E-state index in [4.69, 9.17) is 13.7 Å². The van der Waals surface area contributed by atoms with Crippen molar-refractivity contribution >= 4 is 16.9 Å². The summed E-state index contributed by atoms with van der Waals surface area (Å²) in [7, 11) is 0. The van der Waals surface area contributed by atoms with E-state index in [-0.39, 0.29) is 5.91 Å². The Labute approximate surface area is 176 Å². The van der Waals surface area contributed by atoms with Crippen LogP contribution in [0.5, 0.6) is 0 Å². The van der Waals surface area contributed by atoms with Gasteiger partial charge >= 0.3 is 0 Å². The Bertz CT molecular complexity index is 1210. The van der Waals surface area contributed by atoms with E-state index in [1.165, 1.54) is 0 Å². The summed E-state index contributed by atoms with van der Waals surface area (Å²) in [6.45, 7) is 7.05. The molecule has 1 aliphatic rings. The molecule has 0 radical (unpaired) electrons. The lowest BCUT2D eigenvalue weighted by Crippen LogP contribution is -2.35. The van der Waals surface area contributed by atoms with Gasteiger partial charge in [-0.25, -0.2) is 4.63 Å². The van der Waals surface area contributed by atoms with Crippen LogP contribution in [0.2, 0.25) is 0 Å². The summed E-state index contributed by atoms with van der Waals surface area (Å²) in [5.41, 5.74) is 3.25. The topological polar surface area (TPSA) is 127 Å². The Balaban J connectivity index is 1.23. The van der Waals surface area contributed by atoms with Crippen molar-refractivity contribution < 1.29 is 18.5 Å². The molecule has 0 atom stereocenters. The molecule has 1 amide bonds. The number of rotatable bonds is 4. The average Bonchev–Trinajstić information content (AvgIpc) is 3.45. The summed E-state index contributed by atoms with van der Waals surface area (Å²) in [4.78, 5) is 21.5. The Kier molecular flexibility index (Phi) is 4.94. The van der Waals surface area contributed by atoms with Crippen LogP contribution in [0.1, 0.15) is 34.1 Å². The van der Waals surface area contributed by atoms with E-state index >= 15 is 0 Å². The van der Waals surface area contributed by atoms with Gasteiger partial charge in [0.25, 0.3) is 11.8 Å². The number of carbonyl (C=O) groups is 1. The van der Waals surface area contributed by atoms with Crippen LogP contribution in [0, 0.1) is 13.8 Å². The maximum Gasteiger partial charge on any atom is 0.263 e. The minimum absolute atomic E-state index is 0.0213. The van der Waals surface area contributed by atoms with Crippen molar-refractivity contribution in [1.82, 2.24) is 35.4 Å². The Morgan fingerprint density at radius 3 is 2.71 bits per heavy atom. The van der Waals surface area contributed by atoms with Gasteiger partial charge in [-0.2, -0.15) is 4.98 Å². The summed E-state index contributed by atoms with van der Waals surface area (Å²) < 4.78 is 15.3. The molecule has 31 heavy (non-hydrogen) atoms. The SMILES string of the molecule is Cc1noc(C)c1-c1nc(CN2CCCN(C(=O)c3ccc4nonc4c3)CC2)no1. The first-order chi connectivity index (χ1) is 15.1. The van der Waals surface area contributed by atoms with Crippen molar-refractivity contribution in [3.63, 3.8) is 0 Å². The quantitative estimate of drug-likeness (QED) is 0.482. The van der Waals surface area contributed by atoms with Crippen LogP contribution >= 0.6 is 0 Å². The van der Waals surface area contributed by atoms with Gasteiger partial charge in [0.05, 0.1) is 12.2 Å². The normalized spacial score (nSPS) is 15.5. The standard InChI is InChI=1S/C20H21N7O4/c1-12-18(13(2)29-22-12)19-21-17(25-30-19)11-26-6-3-7-27(9-8-26)20(28)14-4-5-15-16(10-14)24-31-23-15/h4-5,10H,3,6-9,11H2,1-2H3. The minimum Gasteiger partial charge on any atom is -0.361 e. The maximum absolute atomic E-state index is 13.0. The van der Waals surface area contributed by atoms with Gasteiger partial charge in [0.2, 0.25) is 0 Å². The fraction of sp³-hybridized carbons (Fsp3) is 0.400. The molecule has 0 bridgehead atoms. The van der Waals surface area contributed by atoms with Crippen molar-refractivity contribution in [3.05, 3.63) is 41.0 Å². The second-order valence-corrected chi connectivity index (χ2v) is 7.60. The molecular formula is C20H21N7O4. The van der Waals surface area contributed by atoms with Crippen molar-refractivity contribution in [2.45, 2.75) is 26.8 Å². The molecule has 0 N–H and O–H groups in total. The minimum atomic E-state index is -0.0213. The second kappa shape index (κ2) is 7.91. The lowest BCUT2D eigenvalue weighted by molar-refractivity contribution is 0.0761. The van der Waals surface area contributed by atoms with Gasteiger partial charge < -0.3 is 13.9 Å². The van der Waals surface area contributed by atoms with Crippen LogP contribution in [0.15, 0.2) is 31.9 Å². The molecule has 11 nitrogen and oxygen atoms in total. The lowest BCUT2D eigenvalue weighted by Gasteiger charge is -2.21. The zero-order valence-electron chi connectivity index (χ0n) is 17.2. The highest BCUT2D eigenvalue weighted by molar-refractivity contribution is 5.97. The van der Waals surface area contributed by atoms with Crippen LogP contribution in [-0.2, 0) is 6.54 Å². The first kappa shape index (κ1) is 19.4. The number of aryl methyl sites for hydroxylation is 2. The number of nitrogens with zero attached hydrogens (tertiary/aromatic N) is 7. The summed E-state index contributed by atoms with van der Waals surface area (Å²) in [6, 6.07) is 5.22. The molecule has 1 fully saturated rings. The first-order valence-electron chi connectivity index (χ1n) is 10.1. The van der Waals surface area contributed by atoms with Crippen LogP contribution in [0.4, 0.5) is 0 Å². The molecular weight excluding hydrogens is 402 g/mol. The molecule has 1 aliphatic heterocycles. The Hall–Kier alpha value is -3.60. The molecule has 1 saturated heterocycles. The largest absolute Gasteiger partial charge is 0.361 e. The van der Waals surface area contributed by atoms with E-state index in [2.05, 4.69) is 30.5 Å². The van der Waals surface area contributed by atoms with Gasteiger partial charge in [-0.15, -0.1) is 0 Å². The summed E-state index contributed by atoms with van der Waals surface area (Å²) in [5, 5.41) is 15.6. The molecule has 0 saturated carbocycles. The van der Waals surface area contributed by atoms with Crippen LogP contribution in [0.25, 0.3) is 22.5 Å². The monoisotopic (exact) mass is 423 g/mol. The number of fused-ring (bicyclic) bond motifs is 1. The van der Waals surface area contributed by atoms with Crippen LogP contribution < -0.4 is 0 Å². The van der Waals surface area contributed by atoms with E-state index in [1.807, 2.05) is 18.7 Å². The van der Waals surface area contributed by atoms with Crippen molar-refractivity contribution in [2.75, 3.05) is 26.2 Å². The zero-order valence-corrected chi connectivity index (χ0v) is 17.2. The van der Waals surface area contributed by atoms with Gasteiger partial charge in [-0.3, -0.25) is 9.69 Å². The smallest absolute Gasteiger partial charge is 0.263 e. The molecule has 0 unspecified atom stereocenters. The molecule has 11 heteroatoms. The third-order valence-electron chi connectivity index (χ3n) is 5.46. The summed E-state index contributed by atoms with van der Waals surface area (Å²) in [5.74, 6) is 1.64. The number of amides is 1. The molecule has 4 aromatic rings. The molecule has 4 heterocycles. The third-order valence-corrected chi connectivity index (χ3v) is 5.46. The number of aromatic nitrogens is 5. The zero-order chi connectivity index (χ0) is 21.4. The van der Waals surface area contributed by atoms with E-state index in [0.717, 1.165) is 24.2 Å². The number of hydrogen-bond donors (Lipinski definition) is 0.